The minimum Gasteiger partial charge on any atom is -0.497 e. The van der Waals surface area contributed by atoms with Crippen LogP contribution in [0.2, 0.25) is 0 Å². The molecule has 0 amide bonds. The lowest BCUT2D eigenvalue weighted by Crippen LogP contribution is -2.46. The quantitative estimate of drug-likeness (QED) is 0.852. The first-order chi connectivity index (χ1) is 10.8. The molecule has 3 heterocycles. The van der Waals surface area contributed by atoms with Crippen molar-refractivity contribution < 1.29 is 9.47 Å². The normalized spacial score (nSPS) is 20.0. The Balaban J connectivity index is 1.59. The molecule has 2 aliphatic heterocycles. The van der Waals surface area contributed by atoms with Crippen LogP contribution in [0.25, 0.3) is 0 Å². The van der Waals surface area contributed by atoms with E-state index in [2.05, 4.69) is 28.1 Å². The summed E-state index contributed by atoms with van der Waals surface area (Å²) in [6.45, 7) is 2.80. The summed E-state index contributed by atoms with van der Waals surface area (Å²) in [5.74, 6) is 0.941. The van der Waals surface area contributed by atoms with Crippen molar-refractivity contribution in [3.63, 3.8) is 0 Å². The van der Waals surface area contributed by atoms with Gasteiger partial charge in [-0.3, -0.25) is 0 Å². The van der Waals surface area contributed by atoms with Gasteiger partial charge in [0.2, 0.25) is 0 Å². The number of fused-ring (bicyclic) bond motifs is 2. The first-order valence-corrected chi connectivity index (χ1v) is 8.64. The number of anilines is 1. The van der Waals surface area contributed by atoms with Crippen LogP contribution in [-0.2, 0) is 16.8 Å². The second-order valence-corrected chi connectivity index (χ2v) is 6.79. The topological polar surface area (TPSA) is 34.6 Å². The molecule has 0 bridgehead atoms. The summed E-state index contributed by atoms with van der Waals surface area (Å²) in [6, 6.07) is 6.43. The molecule has 1 fully saturated rings. The number of ether oxygens (including phenoxy) is 2. The van der Waals surface area contributed by atoms with E-state index in [0.717, 1.165) is 49.8 Å². The smallest absolute Gasteiger partial charge is 0.185 e. The molecule has 1 spiro atoms. The van der Waals surface area contributed by atoms with Crippen LogP contribution in [0.1, 0.15) is 24.0 Å². The second-order valence-electron chi connectivity index (χ2n) is 5.92. The summed E-state index contributed by atoms with van der Waals surface area (Å²) >= 11 is 1.71. The molecule has 0 saturated carbocycles. The number of benzene rings is 1. The van der Waals surface area contributed by atoms with Crippen LogP contribution in [0, 0.1) is 0 Å². The Hall–Kier alpha value is -1.59. The van der Waals surface area contributed by atoms with Gasteiger partial charge in [0.1, 0.15) is 5.75 Å². The van der Waals surface area contributed by atoms with E-state index in [9.17, 15) is 0 Å². The fourth-order valence-electron chi connectivity index (χ4n) is 3.63. The molecule has 4 nitrogen and oxygen atoms in total. The third-order valence-electron chi connectivity index (χ3n) is 4.81. The Kier molecular flexibility index (Phi) is 3.54. The first-order valence-electron chi connectivity index (χ1n) is 7.76. The zero-order chi connectivity index (χ0) is 15.0. The van der Waals surface area contributed by atoms with Crippen molar-refractivity contribution in [2.75, 3.05) is 31.7 Å². The number of methoxy groups -OCH3 is 1. The van der Waals surface area contributed by atoms with Gasteiger partial charge in [-0.1, -0.05) is 6.07 Å². The predicted molar refractivity (Wildman–Crippen MR) is 87.9 cm³/mol. The highest BCUT2D eigenvalue weighted by Gasteiger charge is 2.41. The molecule has 116 valence electrons. The largest absolute Gasteiger partial charge is 0.497 e. The molecular weight excluding hydrogens is 296 g/mol. The number of piperidine rings is 1. The van der Waals surface area contributed by atoms with Crippen LogP contribution < -0.4 is 9.64 Å². The van der Waals surface area contributed by atoms with Gasteiger partial charge in [-0.05, 0) is 42.5 Å². The molecule has 0 unspecified atom stereocenters. The molecule has 2 aliphatic rings. The van der Waals surface area contributed by atoms with Crippen molar-refractivity contribution in [3.05, 3.63) is 40.9 Å². The van der Waals surface area contributed by atoms with Crippen molar-refractivity contribution in [1.29, 1.82) is 0 Å². The van der Waals surface area contributed by atoms with Crippen LogP contribution >= 0.6 is 11.3 Å². The number of hydrogen-bond donors (Lipinski definition) is 0. The zero-order valence-corrected chi connectivity index (χ0v) is 13.6. The predicted octanol–water partition coefficient (Wildman–Crippen LogP) is 3.22. The van der Waals surface area contributed by atoms with Gasteiger partial charge in [-0.15, -0.1) is 11.3 Å². The Morgan fingerprint density at radius 3 is 2.91 bits per heavy atom. The van der Waals surface area contributed by atoms with Crippen LogP contribution in [0.4, 0.5) is 5.13 Å². The van der Waals surface area contributed by atoms with Gasteiger partial charge in [-0.2, -0.15) is 0 Å². The highest BCUT2D eigenvalue weighted by atomic mass is 32.1. The molecule has 4 rings (SSSR count). The van der Waals surface area contributed by atoms with Gasteiger partial charge in [0.25, 0.3) is 0 Å². The van der Waals surface area contributed by atoms with Crippen molar-refractivity contribution >= 4 is 16.5 Å². The standard InChI is InChI=1S/C17H20N2O2S/c1-20-14-2-3-15-13(12-14)4-10-21-17(15)5-8-19(9-6-17)16-18-7-11-22-16/h2-3,7,11-12H,4-6,8-10H2,1H3. The number of thiazole rings is 1. The maximum Gasteiger partial charge on any atom is 0.185 e. The van der Waals surface area contributed by atoms with Crippen LogP contribution in [0.3, 0.4) is 0 Å². The maximum atomic E-state index is 6.29. The van der Waals surface area contributed by atoms with Crippen molar-refractivity contribution in [3.8, 4) is 5.75 Å². The molecular formula is C17H20N2O2S. The van der Waals surface area contributed by atoms with Gasteiger partial charge in [0.15, 0.2) is 5.13 Å². The Labute approximate surface area is 134 Å². The van der Waals surface area contributed by atoms with E-state index in [-0.39, 0.29) is 5.60 Å². The Bertz CT molecular complexity index is 649. The fraction of sp³-hybridized carbons (Fsp3) is 0.471. The van der Waals surface area contributed by atoms with Crippen molar-refractivity contribution in [2.24, 2.45) is 0 Å². The molecule has 1 aromatic carbocycles. The van der Waals surface area contributed by atoms with E-state index in [0.29, 0.717) is 0 Å². The SMILES string of the molecule is COc1ccc2c(c1)CCOC21CCN(c2nccs2)CC1. The minimum atomic E-state index is -0.117. The average Bonchev–Trinajstić information content (AvgIpc) is 3.10. The van der Waals surface area contributed by atoms with Crippen LogP contribution in [0.5, 0.6) is 5.75 Å². The first kappa shape index (κ1) is 14.0. The van der Waals surface area contributed by atoms with E-state index in [1.54, 1.807) is 18.4 Å². The molecule has 0 radical (unpaired) electrons. The van der Waals surface area contributed by atoms with Crippen molar-refractivity contribution in [2.45, 2.75) is 24.9 Å². The van der Waals surface area contributed by atoms with Crippen LogP contribution in [-0.4, -0.2) is 31.8 Å². The molecule has 0 N–H and O–H groups in total. The number of aromatic nitrogens is 1. The van der Waals surface area contributed by atoms with E-state index in [4.69, 9.17) is 9.47 Å². The van der Waals surface area contributed by atoms with E-state index in [1.165, 1.54) is 11.1 Å². The van der Waals surface area contributed by atoms with Gasteiger partial charge < -0.3 is 14.4 Å². The lowest BCUT2D eigenvalue weighted by Gasteiger charge is -2.45. The van der Waals surface area contributed by atoms with Crippen LogP contribution in [0.15, 0.2) is 29.8 Å². The molecule has 2 aromatic rings. The summed E-state index contributed by atoms with van der Waals surface area (Å²) in [5, 5.41) is 3.17. The molecule has 0 aliphatic carbocycles. The number of nitrogens with zero attached hydrogens (tertiary/aromatic N) is 2. The summed E-state index contributed by atoms with van der Waals surface area (Å²) in [6.07, 6.45) is 4.89. The summed E-state index contributed by atoms with van der Waals surface area (Å²) in [4.78, 5) is 6.80. The molecule has 0 atom stereocenters. The third-order valence-corrected chi connectivity index (χ3v) is 5.65. The Morgan fingerprint density at radius 2 is 2.18 bits per heavy atom. The van der Waals surface area contributed by atoms with E-state index >= 15 is 0 Å². The van der Waals surface area contributed by atoms with Gasteiger partial charge in [-0.25, -0.2) is 4.98 Å². The molecule has 22 heavy (non-hydrogen) atoms. The van der Waals surface area contributed by atoms with E-state index < -0.39 is 0 Å². The highest BCUT2D eigenvalue weighted by Crippen LogP contribution is 2.43. The highest BCUT2D eigenvalue weighted by molar-refractivity contribution is 7.13. The summed E-state index contributed by atoms with van der Waals surface area (Å²) in [5.41, 5.74) is 2.62. The van der Waals surface area contributed by atoms with Gasteiger partial charge in [0.05, 0.1) is 19.3 Å². The van der Waals surface area contributed by atoms with Crippen molar-refractivity contribution in [1.82, 2.24) is 4.98 Å². The molecule has 5 heteroatoms. The monoisotopic (exact) mass is 316 g/mol. The lowest BCUT2D eigenvalue weighted by molar-refractivity contribution is -0.0766. The maximum absolute atomic E-state index is 6.29. The lowest BCUT2D eigenvalue weighted by atomic mass is 9.79. The third kappa shape index (κ3) is 2.29. The minimum absolute atomic E-state index is 0.117. The number of rotatable bonds is 2. The fourth-order valence-corrected chi connectivity index (χ4v) is 4.32. The zero-order valence-electron chi connectivity index (χ0n) is 12.7. The van der Waals surface area contributed by atoms with Gasteiger partial charge >= 0.3 is 0 Å². The average molecular weight is 316 g/mol. The summed E-state index contributed by atoms with van der Waals surface area (Å²) in [7, 11) is 1.73. The number of hydrogen-bond acceptors (Lipinski definition) is 5. The summed E-state index contributed by atoms with van der Waals surface area (Å²) < 4.78 is 11.7. The molecule has 1 saturated heterocycles. The second kappa shape index (κ2) is 5.56. The van der Waals surface area contributed by atoms with Gasteiger partial charge in [0, 0.05) is 24.7 Å². The van der Waals surface area contributed by atoms with E-state index in [1.807, 2.05) is 11.6 Å². The molecule has 1 aromatic heterocycles. The Morgan fingerprint density at radius 1 is 1.32 bits per heavy atom.